The Morgan fingerprint density at radius 2 is 2.10 bits per heavy atom. The van der Waals surface area contributed by atoms with Gasteiger partial charge >= 0.3 is 0 Å². The molecule has 1 aliphatic heterocycles. The Kier molecular flexibility index (Phi) is 5.57. The Labute approximate surface area is 184 Å². The Bertz CT molecular complexity index is 1170. The van der Waals surface area contributed by atoms with Gasteiger partial charge in [0.15, 0.2) is 5.11 Å². The maximum atomic E-state index is 13.0. The third kappa shape index (κ3) is 4.08. The maximum Gasteiger partial charge on any atom is 0.281 e. The molecule has 8 heteroatoms. The number of carbonyl (C=O) groups excluding carboxylic acids is 1. The molecule has 0 bridgehead atoms. The number of anilines is 1. The standard InChI is InChI=1S/C22H19ClN4O2S/c1-14-4-3-5-18(8-14)27-21(28)19(25-22(27)30)10-15-6-7-20(29-2)16(9-15)12-26-13-17(23)11-24-26/h3-11,13H,12H2,1-2H3,(H,25,30)/b19-10+. The van der Waals surface area contributed by atoms with Gasteiger partial charge in [-0.05, 0) is 60.6 Å². The number of methoxy groups -OCH3 is 1. The second-order valence-electron chi connectivity index (χ2n) is 6.90. The predicted molar refractivity (Wildman–Crippen MR) is 122 cm³/mol. The molecule has 1 amide bonds. The molecule has 3 aromatic rings. The molecule has 6 nitrogen and oxygen atoms in total. The van der Waals surface area contributed by atoms with Crippen molar-refractivity contribution in [2.24, 2.45) is 0 Å². The second-order valence-corrected chi connectivity index (χ2v) is 7.72. The Balaban J connectivity index is 1.63. The summed E-state index contributed by atoms with van der Waals surface area (Å²) in [5.74, 6) is 0.535. The SMILES string of the molecule is COc1ccc(/C=C2/NC(=S)N(c3cccc(C)c3)C2=O)cc1Cn1cc(Cl)cn1. The molecule has 4 rings (SSSR count). The van der Waals surface area contributed by atoms with E-state index >= 15 is 0 Å². The van der Waals surface area contributed by atoms with Crippen LogP contribution in [0, 0.1) is 6.92 Å². The molecule has 0 radical (unpaired) electrons. The molecule has 0 saturated carbocycles. The van der Waals surface area contributed by atoms with Crippen LogP contribution in [0.5, 0.6) is 5.75 Å². The molecule has 0 atom stereocenters. The number of hydrogen-bond donors (Lipinski definition) is 1. The lowest BCUT2D eigenvalue weighted by Crippen LogP contribution is -2.30. The van der Waals surface area contributed by atoms with Gasteiger partial charge < -0.3 is 10.1 Å². The summed E-state index contributed by atoms with van der Waals surface area (Å²) >= 11 is 11.4. The van der Waals surface area contributed by atoms with Crippen LogP contribution < -0.4 is 15.0 Å². The van der Waals surface area contributed by atoms with Crippen LogP contribution in [0.3, 0.4) is 0 Å². The van der Waals surface area contributed by atoms with Crippen molar-refractivity contribution < 1.29 is 9.53 Å². The zero-order valence-corrected chi connectivity index (χ0v) is 18.0. The Morgan fingerprint density at radius 1 is 1.27 bits per heavy atom. The van der Waals surface area contributed by atoms with Gasteiger partial charge in [-0.2, -0.15) is 5.10 Å². The first kappa shape index (κ1) is 20.1. The van der Waals surface area contributed by atoms with Crippen molar-refractivity contribution in [2.45, 2.75) is 13.5 Å². The van der Waals surface area contributed by atoms with Crippen molar-refractivity contribution in [1.82, 2.24) is 15.1 Å². The van der Waals surface area contributed by atoms with E-state index in [2.05, 4.69) is 10.4 Å². The number of hydrogen-bond acceptors (Lipinski definition) is 4. The fraction of sp³-hybridized carbons (Fsp3) is 0.136. The van der Waals surface area contributed by atoms with Crippen LogP contribution in [0.1, 0.15) is 16.7 Å². The highest BCUT2D eigenvalue weighted by molar-refractivity contribution is 7.80. The van der Waals surface area contributed by atoms with E-state index in [1.807, 2.05) is 49.4 Å². The first-order valence-electron chi connectivity index (χ1n) is 9.23. The summed E-state index contributed by atoms with van der Waals surface area (Å²) in [6.07, 6.45) is 5.11. The molecule has 1 aliphatic rings. The monoisotopic (exact) mass is 438 g/mol. The van der Waals surface area contributed by atoms with Gasteiger partial charge in [0.05, 0.1) is 30.6 Å². The van der Waals surface area contributed by atoms with Gasteiger partial charge in [0, 0.05) is 11.8 Å². The van der Waals surface area contributed by atoms with E-state index in [1.165, 1.54) is 4.90 Å². The summed E-state index contributed by atoms with van der Waals surface area (Å²) in [4.78, 5) is 14.5. The number of nitrogens with zero attached hydrogens (tertiary/aromatic N) is 3. The molecule has 1 aromatic heterocycles. The normalized spacial score (nSPS) is 15.0. The highest BCUT2D eigenvalue weighted by Crippen LogP contribution is 2.26. The lowest BCUT2D eigenvalue weighted by Gasteiger charge is -2.14. The lowest BCUT2D eigenvalue weighted by molar-refractivity contribution is -0.113. The number of aryl methyl sites for hydroxylation is 1. The summed E-state index contributed by atoms with van der Waals surface area (Å²) in [5.41, 5.74) is 3.97. The van der Waals surface area contributed by atoms with Crippen LogP contribution in [0.4, 0.5) is 5.69 Å². The van der Waals surface area contributed by atoms with Crippen molar-refractivity contribution in [3.8, 4) is 5.75 Å². The molecule has 2 heterocycles. The lowest BCUT2D eigenvalue weighted by atomic mass is 10.1. The van der Waals surface area contributed by atoms with E-state index in [4.69, 9.17) is 28.6 Å². The third-order valence-corrected chi connectivity index (χ3v) is 5.17. The summed E-state index contributed by atoms with van der Waals surface area (Å²) in [5, 5.41) is 8.16. The molecule has 30 heavy (non-hydrogen) atoms. The zero-order chi connectivity index (χ0) is 21.3. The molecular weight excluding hydrogens is 420 g/mol. The average molecular weight is 439 g/mol. The number of amides is 1. The number of rotatable bonds is 5. The van der Waals surface area contributed by atoms with E-state index in [0.717, 1.165) is 28.1 Å². The van der Waals surface area contributed by atoms with Gasteiger partial charge in [0.1, 0.15) is 11.4 Å². The van der Waals surface area contributed by atoms with Crippen molar-refractivity contribution in [1.29, 1.82) is 0 Å². The van der Waals surface area contributed by atoms with E-state index in [0.29, 0.717) is 22.4 Å². The van der Waals surface area contributed by atoms with Crippen LogP contribution >= 0.6 is 23.8 Å². The first-order valence-corrected chi connectivity index (χ1v) is 10.0. The van der Waals surface area contributed by atoms with Gasteiger partial charge in [-0.3, -0.25) is 14.4 Å². The highest BCUT2D eigenvalue weighted by atomic mass is 35.5. The second kappa shape index (κ2) is 8.30. The maximum absolute atomic E-state index is 13.0. The molecule has 1 N–H and O–H groups in total. The number of aromatic nitrogens is 2. The largest absolute Gasteiger partial charge is 0.496 e. The summed E-state index contributed by atoms with van der Waals surface area (Å²) in [6, 6.07) is 13.4. The van der Waals surface area contributed by atoms with Crippen LogP contribution in [-0.2, 0) is 11.3 Å². The quantitative estimate of drug-likeness (QED) is 0.478. The fourth-order valence-electron chi connectivity index (χ4n) is 3.31. The topological polar surface area (TPSA) is 59.4 Å². The summed E-state index contributed by atoms with van der Waals surface area (Å²) < 4.78 is 7.19. The van der Waals surface area contributed by atoms with E-state index < -0.39 is 0 Å². The minimum Gasteiger partial charge on any atom is -0.496 e. The van der Waals surface area contributed by atoms with Crippen LogP contribution in [0.2, 0.25) is 5.02 Å². The molecule has 2 aromatic carbocycles. The molecule has 0 spiro atoms. The van der Waals surface area contributed by atoms with Crippen LogP contribution in [0.25, 0.3) is 6.08 Å². The predicted octanol–water partition coefficient (Wildman–Crippen LogP) is 4.16. The minimum atomic E-state index is -0.193. The number of benzene rings is 2. The minimum absolute atomic E-state index is 0.193. The molecular formula is C22H19ClN4O2S. The first-order chi connectivity index (χ1) is 14.4. The van der Waals surface area contributed by atoms with Gasteiger partial charge in [-0.15, -0.1) is 0 Å². The van der Waals surface area contributed by atoms with Crippen LogP contribution in [0.15, 0.2) is 60.6 Å². The molecule has 0 aliphatic carbocycles. The smallest absolute Gasteiger partial charge is 0.281 e. The number of thiocarbonyl (C=S) groups is 1. The van der Waals surface area contributed by atoms with Gasteiger partial charge in [-0.25, -0.2) is 0 Å². The number of nitrogens with one attached hydrogen (secondary N) is 1. The number of carbonyl (C=O) groups is 1. The number of halogens is 1. The average Bonchev–Trinajstić information content (AvgIpc) is 3.24. The molecule has 1 saturated heterocycles. The fourth-order valence-corrected chi connectivity index (χ4v) is 3.77. The van der Waals surface area contributed by atoms with Crippen LogP contribution in [-0.4, -0.2) is 27.9 Å². The third-order valence-electron chi connectivity index (χ3n) is 4.69. The zero-order valence-electron chi connectivity index (χ0n) is 16.4. The van der Waals surface area contributed by atoms with Gasteiger partial charge in [0.2, 0.25) is 0 Å². The highest BCUT2D eigenvalue weighted by Gasteiger charge is 2.32. The summed E-state index contributed by atoms with van der Waals surface area (Å²) in [7, 11) is 1.62. The summed E-state index contributed by atoms with van der Waals surface area (Å²) in [6.45, 7) is 2.46. The molecule has 152 valence electrons. The van der Waals surface area contributed by atoms with E-state index in [1.54, 1.807) is 30.3 Å². The van der Waals surface area contributed by atoms with Crippen molar-refractivity contribution >= 4 is 46.6 Å². The van der Waals surface area contributed by atoms with Crippen molar-refractivity contribution in [2.75, 3.05) is 12.0 Å². The Hall–Kier alpha value is -3.16. The molecule has 0 unspecified atom stereocenters. The van der Waals surface area contributed by atoms with E-state index in [9.17, 15) is 4.79 Å². The van der Waals surface area contributed by atoms with Crippen molar-refractivity contribution in [3.05, 3.63) is 82.3 Å². The Morgan fingerprint density at radius 3 is 2.80 bits per heavy atom. The van der Waals surface area contributed by atoms with Gasteiger partial charge in [0.25, 0.3) is 5.91 Å². The number of ether oxygens (including phenoxy) is 1. The van der Waals surface area contributed by atoms with E-state index in [-0.39, 0.29) is 5.91 Å². The van der Waals surface area contributed by atoms with Gasteiger partial charge in [-0.1, -0.05) is 29.8 Å². The van der Waals surface area contributed by atoms with Crippen molar-refractivity contribution in [3.63, 3.8) is 0 Å². The molecule has 1 fully saturated rings.